The summed E-state index contributed by atoms with van der Waals surface area (Å²) in [5.74, 6) is 0.0685. The van der Waals surface area contributed by atoms with Crippen LogP contribution in [0.25, 0.3) is 0 Å². The number of carbonyl (C=O) groups is 1. The highest BCUT2D eigenvalue weighted by Gasteiger charge is 2.48. The summed E-state index contributed by atoms with van der Waals surface area (Å²) >= 11 is 3.34. The van der Waals surface area contributed by atoms with Gasteiger partial charge in [-0.1, -0.05) is 0 Å². The number of aryl methyl sites for hydroxylation is 1. The van der Waals surface area contributed by atoms with E-state index in [9.17, 15) is 4.79 Å². The summed E-state index contributed by atoms with van der Waals surface area (Å²) in [6.07, 6.45) is 3.75. The van der Waals surface area contributed by atoms with E-state index >= 15 is 0 Å². The third kappa shape index (κ3) is 3.55. The molecule has 1 atom stereocenters. The second-order valence-electron chi connectivity index (χ2n) is 7.11. The zero-order valence-electron chi connectivity index (χ0n) is 15.2. The third-order valence-corrected chi connectivity index (χ3v) is 7.16. The Balaban J connectivity index is 1.42. The smallest absolute Gasteiger partial charge is 0.249 e. The lowest BCUT2D eigenvalue weighted by atomic mass is 9.82. The molecule has 0 bridgehead atoms. The van der Waals surface area contributed by atoms with Crippen LogP contribution in [0.3, 0.4) is 0 Å². The van der Waals surface area contributed by atoms with E-state index in [1.807, 2.05) is 28.8 Å². The number of rotatable bonds is 4. The van der Waals surface area contributed by atoms with Crippen molar-refractivity contribution >= 4 is 28.6 Å². The van der Waals surface area contributed by atoms with Crippen LogP contribution in [0, 0.1) is 6.92 Å². The maximum atomic E-state index is 12.5. The van der Waals surface area contributed by atoms with Crippen LogP contribution in [0.1, 0.15) is 35.5 Å². The van der Waals surface area contributed by atoms with E-state index in [2.05, 4.69) is 21.8 Å². The fourth-order valence-corrected chi connectivity index (χ4v) is 5.22. The van der Waals surface area contributed by atoms with Gasteiger partial charge in [-0.15, -0.1) is 22.7 Å². The van der Waals surface area contributed by atoms with Crippen molar-refractivity contribution in [1.29, 1.82) is 0 Å². The van der Waals surface area contributed by atoms with Gasteiger partial charge in [0.1, 0.15) is 11.6 Å². The van der Waals surface area contributed by atoms with Crippen molar-refractivity contribution in [3.05, 3.63) is 32.7 Å². The molecule has 2 fully saturated rings. The van der Waals surface area contributed by atoms with Gasteiger partial charge in [-0.3, -0.25) is 9.69 Å². The highest BCUT2D eigenvalue weighted by Crippen LogP contribution is 2.36. The number of amides is 1. The number of hydrogen-bond acceptors (Lipinski definition) is 7. The maximum absolute atomic E-state index is 12.5. The molecule has 2 aromatic heterocycles. The molecule has 0 saturated carbocycles. The number of morpholine rings is 1. The molecule has 0 aromatic carbocycles. The molecule has 26 heavy (non-hydrogen) atoms. The standard InChI is InChI=1S/C18H24N4O2S2/c1-13-18(3-6-21(7-4-18)10-16-19-5-8-25-16)24-11-17(23)22(13)9-15-12-26-14(2)20-15/h5,8,12-13H,3-4,6-7,9-11H2,1-2H3/t13-/m0/s1. The number of thiazole rings is 2. The number of aromatic nitrogens is 2. The second kappa shape index (κ2) is 7.34. The van der Waals surface area contributed by atoms with Crippen LogP contribution >= 0.6 is 22.7 Å². The molecule has 0 radical (unpaired) electrons. The first-order valence-electron chi connectivity index (χ1n) is 9.01. The molecule has 4 rings (SSSR count). The fraction of sp³-hybridized carbons (Fsp3) is 0.611. The Morgan fingerprint density at radius 3 is 2.77 bits per heavy atom. The Morgan fingerprint density at radius 2 is 2.12 bits per heavy atom. The van der Waals surface area contributed by atoms with Gasteiger partial charge in [0.25, 0.3) is 0 Å². The lowest BCUT2D eigenvalue weighted by Gasteiger charge is -2.51. The van der Waals surface area contributed by atoms with Gasteiger partial charge >= 0.3 is 0 Å². The minimum Gasteiger partial charge on any atom is -0.363 e. The van der Waals surface area contributed by atoms with Gasteiger partial charge in [-0.05, 0) is 26.7 Å². The van der Waals surface area contributed by atoms with Gasteiger partial charge in [0.05, 0.1) is 35.4 Å². The largest absolute Gasteiger partial charge is 0.363 e. The highest BCUT2D eigenvalue weighted by molar-refractivity contribution is 7.09. The minimum absolute atomic E-state index is 0.0627. The summed E-state index contributed by atoms with van der Waals surface area (Å²) in [7, 11) is 0. The van der Waals surface area contributed by atoms with Gasteiger partial charge in [0.2, 0.25) is 5.91 Å². The van der Waals surface area contributed by atoms with Crippen LogP contribution in [0.2, 0.25) is 0 Å². The lowest BCUT2D eigenvalue weighted by Crippen LogP contribution is -2.63. The van der Waals surface area contributed by atoms with E-state index in [1.165, 1.54) is 0 Å². The predicted molar refractivity (Wildman–Crippen MR) is 102 cm³/mol. The molecule has 0 N–H and O–H groups in total. The van der Waals surface area contributed by atoms with E-state index in [4.69, 9.17) is 4.74 Å². The van der Waals surface area contributed by atoms with Crippen LogP contribution in [0.5, 0.6) is 0 Å². The SMILES string of the molecule is Cc1nc(CN2C(=O)COC3(CCN(Cc4nccs4)CC3)[C@@H]2C)cs1. The summed E-state index contributed by atoms with van der Waals surface area (Å²) in [5.41, 5.74) is 0.740. The van der Waals surface area contributed by atoms with Gasteiger partial charge < -0.3 is 9.64 Å². The van der Waals surface area contributed by atoms with E-state index in [1.54, 1.807) is 22.7 Å². The van der Waals surface area contributed by atoms with Gasteiger partial charge in [-0.2, -0.15) is 0 Å². The Kier molecular flexibility index (Phi) is 5.09. The molecule has 0 aliphatic carbocycles. The number of hydrogen-bond donors (Lipinski definition) is 0. The fourth-order valence-electron chi connectivity index (χ4n) is 3.96. The van der Waals surface area contributed by atoms with Crippen molar-refractivity contribution in [3.8, 4) is 0 Å². The molecule has 1 amide bonds. The molecular formula is C18H24N4O2S2. The van der Waals surface area contributed by atoms with Crippen LogP contribution in [0.15, 0.2) is 17.0 Å². The van der Waals surface area contributed by atoms with Crippen molar-refractivity contribution in [1.82, 2.24) is 19.8 Å². The molecule has 6 nitrogen and oxygen atoms in total. The van der Waals surface area contributed by atoms with E-state index in [0.29, 0.717) is 6.54 Å². The number of ether oxygens (including phenoxy) is 1. The third-order valence-electron chi connectivity index (χ3n) is 5.58. The molecule has 2 aromatic rings. The topological polar surface area (TPSA) is 58.6 Å². The summed E-state index contributed by atoms with van der Waals surface area (Å²) in [6, 6.07) is 0.0627. The first-order chi connectivity index (χ1) is 12.6. The zero-order chi connectivity index (χ0) is 18.1. The molecule has 2 aliphatic rings. The average molecular weight is 393 g/mol. The number of nitrogens with zero attached hydrogens (tertiary/aromatic N) is 4. The van der Waals surface area contributed by atoms with Crippen molar-refractivity contribution in [2.24, 2.45) is 0 Å². The van der Waals surface area contributed by atoms with Crippen LogP contribution < -0.4 is 0 Å². The zero-order valence-corrected chi connectivity index (χ0v) is 16.8. The van der Waals surface area contributed by atoms with Crippen LogP contribution in [-0.2, 0) is 22.6 Å². The Labute approximate surface area is 161 Å². The monoisotopic (exact) mass is 392 g/mol. The summed E-state index contributed by atoms with van der Waals surface area (Å²) < 4.78 is 6.14. The second-order valence-corrected chi connectivity index (χ2v) is 9.15. The summed E-state index contributed by atoms with van der Waals surface area (Å²) in [6.45, 7) is 7.75. The first kappa shape index (κ1) is 18.0. The van der Waals surface area contributed by atoms with Crippen molar-refractivity contribution < 1.29 is 9.53 Å². The molecule has 140 valence electrons. The molecule has 0 unspecified atom stereocenters. The lowest BCUT2D eigenvalue weighted by molar-refractivity contribution is -0.188. The maximum Gasteiger partial charge on any atom is 0.249 e. The summed E-state index contributed by atoms with van der Waals surface area (Å²) in [4.78, 5) is 25.8. The van der Waals surface area contributed by atoms with Gasteiger partial charge in [0, 0.05) is 30.0 Å². The van der Waals surface area contributed by atoms with E-state index in [-0.39, 0.29) is 24.2 Å². The number of likely N-dealkylation sites (tertiary alicyclic amines) is 1. The number of piperidine rings is 1. The molecule has 4 heterocycles. The van der Waals surface area contributed by atoms with Crippen molar-refractivity contribution in [2.45, 2.75) is 51.4 Å². The average Bonchev–Trinajstić information content (AvgIpc) is 3.29. The molecule has 8 heteroatoms. The van der Waals surface area contributed by atoms with E-state index in [0.717, 1.165) is 48.2 Å². The molecule has 2 saturated heterocycles. The van der Waals surface area contributed by atoms with Gasteiger partial charge in [-0.25, -0.2) is 9.97 Å². The highest BCUT2D eigenvalue weighted by atomic mass is 32.1. The van der Waals surface area contributed by atoms with Crippen LogP contribution in [0.4, 0.5) is 0 Å². The van der Waals surface area contributed by atoms with Crippen molar-refractivity contribution in [3.63, 3.8) is 0 Å². The predicted octanol–water partition coefficient (Wildman–Crippen LogP) is 2.69. The Morgan fingerprint density at radius 1 is 1.31 bits per heavy atom. The molecular weight excluding hydrogens is 368 g/mol. The minimum atomic E-state index is -0.238. The number of carbonyl (C=O) groups excluding carboxylic acids is 1. The quantitative estimate of drug-likeness (QED) is 0.801. The Bertz CT molecular complexity index is 753. The van der Waals surface area contributed by atoms with Crippen LogP contribution in [-0.4, -0.2) is 57.0 Å². The van der Waals surface area contributed by atoms with Gasteiger partial charge in [0.15, 0.2) is 0 Å². The first-order valence-corrected chi connectivity index (χ1v) is 10.8. The summed E-state index contributed by atoms with van der Waals surface area (Å²) in [5, 5.41) is 6.28. The normalized spacial score (nSPS) is 23.7. The molecule has 2 aliphatic heterocycles. The van der Waals surface area contributed by atoms with E-state index < -0.39 is 0 Å². The Hall–Kier alpha value is -1.35. The van der Waals surface area contributed by atoms with Crippen molar-refractivity contribution in [2.75, 3.05) is 19.7 Å². The molecule has 1 spiro atoms.